The largest absolute Gasteiger partial charge is 0.487 e. The number of hydrogen-bond acceptors (Lipinski definition) is 4. The number of benzene rings is 2. The van der Waals surface area contributed by atoms with E-state index < -0.39 is 5.82 Å². The molecule has 2 aromatic carbocycles. The highest BCUT2D eigenvalue weighted by atomic mass is 35.5. The molecule has 0 aliphatic carbocycles. The molecule has 0 saturated carbocycles. The summed E-state index contributed by atoms with van der Waals surface area (Å²) in [5.41, 5.74) is 10.3. The molecular weight excluding hydrogens is 323 g/mol. The monoisotopic (exact) mass is 334 g/mol. The number of nitrogen functional groups attached to an aromatic ring is 1. The number of thiazole rings is 1. The highest BCUT2D eigenvalue weighted by Crippen LogP contribution is 2.30. The fourth-order valence-electron chi connectivity index (χ4n) is 2.01. The van der Waals surface area contributed by atoms with E-state index in [4.69, 9.17) is 22.1 Å². The van der Waals surface area contributed by atoms with E-state index in [1.165, 1.54) is 17.4 Å². The van der Waals surface area contributed by atoms with E-state index in [0.717, 1.165) is 11.3 Å². The first-order valence-corrected chi connectivity index (χ1v) is 7.81. The fraction of sp³-hybridized carbons (Fsp3) is 0.0625. The predicted molar refractivity (Wildman–Crippen MR) is 87.7 cm³/mol. The van der Waals surface area contributed by atoms with Crippen LogP contribution in [0, 0.1) is 5.82 Å². The summed E-state index contributed by atoms with van der Waals surface area (Å²) < 4.78 is 19.3. The zero-order valence-corrected chi connectivity index (χ0v) is 13.0. The van der Waals surface area contributed by atoms with Crippen molar-refractivity contribution >= 4 is 28.6 Å². The molecule has 0 fully saturated rings. The van der Waals surface area contributed by atoms with Crippen molar-refractivity contribution in [2.24, 2.45) is 0 Å². The Labute approximate surface area is 136 Å². The van der Waals surface area contributed by atoms with Crippen LogP contribution in [0.25, 0.3) is 11.3 Å². The summed E-state index contributed by atoms with van der Waals surface area (Å²) >= 11 is 7.49. The number of anilines is 1. The first-order chi connectivity index (χ1) is 10.6. The Morgan fingerprint density at radius 3 is 2.82 bits per heavy atom. The summed E-state index contributed by atoms with van der Waals surface area (Å²) in [4.78, 5) is 4.23. The van der Waals surface area contributed by atoms with Gasteiger partial charge in [0.2, 0.25) is 0 Å². The lowest BCUT2D eigenvalue weighted by molar-refractivity contribution is 0.301. The van der Waals surface area contributed by atoms with Crippen molar-refractivity contribution in [2.75, 3.05) is 5.73 Å². The van der Waals surface area contributed by atoms with Crippen molar-refractivity contribution in [3.63, 3.8) is 0 Å². The molecule has 3 nitrogen and oxygen atoms in total. The number of ether oxygens (including phenoxy) is 1. The topological polar surface area (TPSA) is 48.1 Å². The lowest BCUT2D eigenvalue weighted by Crippen LogP contribution is -2.01. The van der Waals surface area contributed by atoms with E-state index >= 15 is 0 Å². The van der Waals surface area contributed by atoms with E-state index in [9.17, 15) is 4.39 Å². The van der Waals surface area contributed by atoms with Crippen molar-refractivity contribution in [1.29, 1.82) is 0 Å². The number of nitrogens with two attached hydrogens (primary N) is 1. The summed E-state index contributed by atoms with van der Waals surface area (Å²) in [5, 5.41) is 2.27. The lowest BCUT2D eigenvalue weighted by Gasteiger charge is -2.11. The van der Waals surface area contributed by atoms with E-state index in [1.807, 2.05) is 11.4 Å². The third kappa shape index (κ3) is 3.05. The van der Waals surface area contributed by atoms with Crippen LogP contribution in [0.15, 0.2) is 47.3 Å². The summed E-state index contributed by atoms with van der Waals surface area (Å²) in [6, 6.07) is 9.92. The van der Waals surface area contributed by atoms with Crippen LogP contribution in [-0.4, -0.2) is 4.98 Å². The van der Waals surface area contributed by atoms with Crippen molar-refractivity contribution in [3.05, 3.63) is 63.7 Å². The maximum atomic E-state index is 13.7. The quantitative estimate of drug-likeness (QED) is 0.699. The summed E-state index contributed by atoms with van der Waals surface area (Å²) in [5.74, 6) is 0.0865. The van der Waals surface area contributed by atoms with Crippen LogP contribution in [-0.2, 0) is 6.61 Å². The smallest absolute Gasteiger partial charge is 0.142 e. The Hall–Kier alpha value is -2.11. The molecule has 0 amide bonds. The first-order valence-electron chi connectivity index (χ1n) is 6.49. The Balaban J connectivity index is 1.79. The Bertz CT molecular complexity index is 773. The average Bonchev–Trinajstić information content (AvgIpc) is 3.02. The number of nitrogens with zero attached hydrogens (tertiary/aromatic N) is 1. The van der Waals surface area contributed by atoms with Crippen LogP contribution in [0.2, 0.25) is 5.02 Å². The molecule has 0 aliphatic rings. The Morgan fingerprint density at radius 2 is 2.14 bits per heavy atom. The van der Waals surface area contributed by atoms with Gasteiger partial charge in [0.25, 0.3) is 0 Å². The van der Waals surface area contributed by atoms with Crippen LogP contribution in [0.5, 0.6) is 5.75 Å². The molecule has 0 radical (unpaired) electrons. The lowest BCUT2D eigenvalue weighted by atomic mass is 10.1. The van der Waals surface area contributed by atoms with Gasteiger partial charge in [0.05, 0.1) is 21.9 Å². The molecule has 2 N–H and O–H groups in total. The van der Waals surface area contributed by atoms with Gasteiger partial charge in [-0.15, -0.1) is 11.3 Å². The van der Waals surface area contributed by atoms with E-state index in [2.05, 4.69) is 4.98 Å². The van der Waals surface area contributed by atoms with Gasteiger partial charge in [-0.2, -0.15) is 0 Å². The molecule has 0 bridgehead atoms. The molecule has 6 heteroatoms. The van der Waals surface area contributed by atoms with E-state index in [0.29, 0.717) is 22.0 Å². The van der Waals surface area contributed by atoms with Crippen LogP contribution < -0.4 is 10.5 Å². The van der Waals surface area contributed by atoms with Crippen molar-refractivity contribution in [3.8, 4) is 17.0 Å². The van der Waals surface area contributed by atoms with Crippen molar-refractivity contribution in [2.45, 2.75) is 6.61 Å². The molecule has 0 atom stereocenters. The molecule has 0 aliphatic heterocycles. The van der Waals surface area contributed by atoms with Gasteiger partial charge >= 0.3 is 0 Å². The van der Waals surface area contributed by atoms with Gasteiger partial charge in [0, 0.05) is 16.5 Å². The van der Waals surface area contributed by atoms with Crippen LogP contribution in [0.3, 0.4) is 0 Å². The van der Waals surface area contributed by atoms with Crippen molar-refractivity contribution < 1.29 is 9.13 Å². The Kier molecular flexibility index (Phi) is 4.27. The summed E-state index contributed by atoms with van der Waals surface area (Å²) in [6.07, 6.45) is 0. The highest BCUT2D eigenvalue weighted by molar-refractivity contribution is 7.07. The maximum absolute atomic E-state index is 13.7. The third-order valence-corrected chi connectivity index (χ3v) is 4.11. The molecule has 22 heavy (non-hydrogen) atoms. The SMILES string of the molecule is Nc1cc(-c2cscn2)ccc1OCc1c(F)cccc1Cl. The highest BCUT2D eigenvalue weighted by Gasteiger charge is 2.10. The standard InChI is InChI=1S/C16H12ClFN2OS/c17-12-2-1-3-13(18)11(12)7-21-16-5-4-10(6-14(16)19)15-8-22-9-20-15/h1-6,8-9H,7,19H2. The summed E-state index contributed by atoms with van der Waals surface area (Å²) in [7, 11) is 0. The molecule has 0 saturated heterocycles. The average molecular weight is 335 g/mol. The molecule has 112 valence electrons. The van der Waals surface area contributed by atoms with Crippen molar-refractivity contribution in [1.82, 2.24) is 4.98 Å². The Morgan fingerprint density at radius 1 is 1.27 bits per heavy atom. The van der Waals surface area contributed by atoms with Gasteiger partial charge < -0.3 is 10.5 Å². The van der Waals surface area contributed by atoms with Crippen LogP contribution >= 0.6 is 22.9 Å². The molecule has 3 rings (SSSR count). The van der Waals surface area contributed by atoms with E-state index in [-0.39, 0.29) is 6.61 Å². The number of halogens is 2. The zero-order valence-electron chi connectivity index (χ0n) is 11.4. The zero-order chi connectivity index (χ0) is 15.5. The second-order valence-corrected chi connectivity index (χ2v) is 5.74. The molecule has 1 aromatic heterocycles. The molecule has 0 spiro atoms. The second kappa shape index (κ2) is 6.34. The molecule has 1 heterocycles. The van der Waals surface area contributed by atoms with Gasteiger partial charge in [-0.1, -0.05) is 17.7 Å². The molecule has 0 unspecified atom stereocenters. The number of rotatable bonds is 4. The fourth-order valence-corrected chi connectivity index (χ4v) is 2.79. The first kappa shape index (κ1) is 14.8. The van der Waals surface area contributed by atoms with Crippen LogP contribution in [0.4, 0.5) is 10.1 Å². The summed E-state index contributed by atoms with van der Waals surface area (Å²) in [6.45, 7) is 0.0196. The number of aromatic nitrogens is 1. The predicted octanol–water partition coefficient (Wildman–Crippen LogP) is 4.76. The van der Waals surface area contributed by atoms with Gasteiger partial charge in [0.1, 0.15) is 18.2 Å². The second-order valence-electron chi connectivity index (χ2n) is 4.62. The third-order valence-electron chi connectivity index (χ3n) is 3.17. The molecular formula is C16H12ClFN2OS. The van der Waals surface area contributed by atoms with Gasteiger partial charge in [-0.05, 0) is 30.3 Å². The molecule has 3 aromatic rings. The normalized spacial score (nSPS) is 10.6. The van der Waals surface area contributed by atoms with E-state index in [1.54, 1.807) is 29.8 Å². The minimum Gasteiger partial charge on any atom is -0.487 e. The maximum Gasteiger partial charge on any atom is 0.142 e. The number of hydrogen-bond donors (Lipinski definition) is 1. The van der Waals surface area contributed by atoms with Gasteiger partial charge in [-0.3, -0.25) is 0 Å². The minimum absolute atomic E-state index is 0.0196. The van der Waals surface area contributed by atoms with Gasteiger partial charge in [-0.25, -0.2) is 9.37 Å². The minimum atomic E-state index is -0.398. The van der Waals surface area contributed by atoms with Gasteiger partial charge in [0.15, 0.2) is 0 Å². The van der Waals surface area contributed by atoms with Crippen LogP contribution in [0.1, 0.15) is 5.56 Å².